The van der Waals surface area contributed by atoms with Crippen LogP contribution < -0.4 is 5.73 Å². The van der Waals surface area contributed by atoms with Crippen LogP contribution in [-0.2, 0) is 0 Å². The van der Waals surface area contributed by atoms with Gasteiger partial charge in [0.25, 0.3) is 0 Å². The lowest BCUT2D eigenvalue weighted by Crippen LogP contribution is -2.37. The van der Waals surface area contributed by atoms with Crippen molar-refractivity contribution in [2.24, 2.45) is 17.1 Å². The van der Waals surface area contributed by atoms with Gasteiger partial charge in [-0.1, -0.05) is 52.9 Å². The summed E-state index contributed by atoms with van der Waals surface area (Å²) in [6.45, 7) is 6.75. The molecule has 0 radical (unpaired) electrons. The SMILES string of the molecule is CC(C)(C)[C@@H](N)CC1CCCCC1. The normalized spacial score (nSPS) is 23.1. The van der Waals surface area contributed by atoms with Gasteiger partial charge < -0.3 is 5.73 Å². The van der Waals surface area contributed by atoms with Crippen LogP contribution in [-0.4, -0.2) is 6.04 Å². The first-order chi connectivity index (χ1) is 6.00. The Balaban J connectivity index is 2.30. The molecular formula is C12H25N. The molecule has 1 aliphatic carbocycles. The van der Waals surface area contributed by atoms with Crippen molar-refractivity contribution in [1.29, 1.82) is 0 Å². The third kappa shape index (κ3) is 3.68. The highest BCUT2D eigenvalue weighted by atomic mass is 14.7. The smallest absolute Gasteiger partial charge is 0.00902 e. The molecule has 0 heterocycles. The van der Waals surface area contributed by atoms with Crippen LogP contribution in [0, 0.1) is 11.3 Å². The Hall–Kier alpha value is -0.0400. The van der Waals surface area contributed by atoms with Gasteiger partial charge >= 0.3 is 0 Å². The lowest BCUT2D eigenvalue weighted by Gasteiger charge is -2.32. The maximum Gasteiger partial charge on any atom is 0.00902 e. The summed E-state index contributed by atoms with van der Waals surface area (Å²) in [4.78, 5) is 0. The van der Waals surface area contributed by atoms with Crippen molar-refractivity contribution in [2.45, 2.75) is 65.3 Å². The Kier molecular flexibility index (Phi) is 3.78. The summed E-state index contributed by atoms with van der Waals surface area (Å²) >= 11 is 0. The largest absolute Gasteiger partial charge is 0.327 e. The zero-order valence-electron chi connectivity index (χ0n) is 9.47. The maximum absolute atomic E-state index is 6.18. The highest BCUT2D eigenvalue weighted by Gasteiger charge is 2.24. The van der Waals surface area contributed by atoms with Gasteiger partial charge in [-0.05, 0) is 17.8 Å². The second-order valence-corrected chi connectivity index (χ2v) is 5.71. The van der Waals surface area contributed by atoms with Gasteiger partial charge in [-0.2, -0.15) is 0 Å². The van der Waals surface area contributed by atoms with Crippen molar-refractivity contribution < 1.29 is 0 Å². The summed E-state index contributed by atoms with van der Waals surface area (Å²) < 4.78 is 0. The van der Waals surface area contributed by atoms with Crippen LogP contribution in [0.25, 0.3) is 0 Å². The van der Waals surface area contributed by atoms with Crippen molar-refractivity contribution in [3.63, 3.8) is 0 Å². The molecule has 0 aliphatic heterocycles. The van der Waals surface area contributed by atoms with E-state index in [2.05, 4.69) is 20.8 Å². The summed E-state index contributed by atoms with van der Waals surface area (Å²) in [6.07, 6.45) is 8.39. The molecule has 1 saturated carbocycles. The Morgan fingerprint density at radius 2 is 1.69 bits per heavy atom. The van der Waals surface area contributed by atoms with Gasteiger partial charge in [-0.25, -0.2) is 0 Å². The predicted molar refractivity (Wildman–Crippen MR) is 58.6 cm³/mol. The molecule has 0 aromatic rings. The molecule has 1 rings (SSSR count). The van der Waals surface area contributed by atoms with E-state index in [9.17, 15) is 0 Å². The molecule has 0 amide bonds. The van der Waals surface area contributed by atoms with E-state index in [1.807, 2.05) is 0 Å². The average molecular weight is 183 g/mol. The van der Waals surface area contributed by atoms with Crippen molar-refractivity contribution in [3.8, 4) is 0 Å². The Morgan fingerprint density at radius 3 is 2.15 bits per heavy atom. The lowest BCUT2D eigenvalue weighted by molar-refractivity contribution is 0.236. The number of hydrogen-bond donors (Lipinski definition) is 1. The molecule has 0 aromatic carbocycles. The minimum Gasteiger partial charge on any atom is -0.327 e. The zero-order chi connectivity index (χ0) is 9.90. The Labute approximate surface area is 83.1 Å². The van der Waals surface area contributed by atoms with Crippen molar-refractivity contribution in [3.05, 3.63) is 0 Å². The summed E-state index contributed by atoms with van der Waals surface area (Å²) in [5, 5.41) is 0. The molecule has 2 N–H and O–H groups in total. The minimum absolute atomic E-state index is 0.289. The van der Waals surface area contributed by atoms with E-state index < -0.39 is 0 Å². The molecule has 1 aliphatic rings. The summed E-state index contributed by atoms with van der Waals surface area (Å²) in [6, 6.07) is 0.385. The zero-order valence-corrected chi connectivity index (χ0v) is 9.47. The van der Waals surface area contributed by atoms with Crippen LogP contribution in [0.4, 0.5) is 0 Å². The maximum atomic E-state index is 6.18. The fourth-order valence-corrected chi connectivity index (χ4v) is 2.14. The van der Waals surface area contributed by atoms with Gasteiger partial charge in [-0.3, -0.25) is 0 Å². The van der Waals surface area contributed by atoms with Gasteiger partial charge in [0.1, 0.15) is 0 Å². The standard InChI is InChI=1S/C12H25N/c1-12(2,3)11(13)9-10-7-5-4-6-8-10/h10-11H,4-9,13H2,1-3H3/t11-/m0/s1. The monoisotopic (exact) mass is 183 g/mol. The van der Waals surface area contributed by atoms with Crippen LogP contribution >= 0.6 is 0 Å². The molecule has 0 aromatic heterocycles. The molecule has 0 spiro atoms. The number of nitrogens with two attached hydrogens (primary N) is 1. The molecule has 1 fully saturated rings. The molecule has 0 saturated heterocycles. The fourth-order valence-electron chi connectivity index (χ4n) is 2.14. The Bertz CT molecular complexity index is 140. The topological polar surface area (TPSA) is 26.0 Å². The van der Waals surface area contributed by atoms with Gasteiger partial charge in [0.05, 0.1) is 0 Å². The van der Waals surface area contributed by atoms with Crippen LogP contribution in [0.1, 0.15) is 59.3 Å². The van der Waals surface area contributed by atoms with Gasteiger partial charge in [0.15, 0.2) is 0 Å². The van der Waals surface area contributed by atoms with Gasteiger partial charge in [0, 0.05) is 6.04 Å². The summed E-state index contributed by atoms with van der Waals surface area (Å²) in [5.41, 5.74) is 6.47. The van der Waals surface area contributed by atoms with Crippen LogP contribution in [0.2, 0.25) is 0 Å². The molecule has 0 bridgehead atoms. The van der Waals surface area contributed by atoms with Gasteiger partial charge in [0.2, 0.25) is 0 Å². The van der Waals surface area contributed by atoms with Crippen LogP contribution in [0.3, 0.4) is 0 Å². The molecule has 78 valence electrons. The first kappa shape index (κ1) is 11.0. The molecule has 1 atom stereocenters. The quantitative estimate of drug-likeness (QED) is 0.698. The highest BCUT2D eigenvalue weighted by Crippen LogP contribution is 2.31. The van der Waals surface area contributed by atoms with Crippen LogP contribution in [0.5, 0.6) is 0 Å². The lowest BCUT2D eigenvalue weighted by atomic mass is 9.77. The van der Waals surface area contributed by atoms with E-state index in [1.54, 1.807) is 0 Å². The summed E-state index contributed by atoms with van der Waals surface area (Å²) in [7, 11) is 0. The predicted octanol–water partition coefficient (Wildman–Crippen LogP) is 3.33. The van der Waals surface area contributed by atoms with E-state index in [0.717, 1.165) is 5.92 Å². The van der Waals surface area contributed by atoms with E-state index in [4.69, 9.17) is 5.73 Å². The second kappa shape index (κ2) is 4.45. The van der Waals surface area contributed by atoms with E-state index in [-0.39, 0.29) is 5.41 Å². The van der Waals surface area contributed by atoms with Crippen molar-refractivity contribution in [1.82, 2.24) is 0 Å². The Morgan fingerprint density at radius 1 is 1.15 bits per heavy atom. The molecule has 0 unspecified atom stereocenters. The minimum atomic E-state index is 0.289. The molecule has 1 nitrogen and oxygen atoms in total. The summed E-state index contributed by atoms with van der Waals surface area (Å²) in [5.74, 6) is 0.919. The van der Waals surface area contributed by atoms with E-state index in [0.29, 0.717) is 6.04 Å². The van der Waals surface area contributed by atoms with Crippen molar-refractivity contribution in [2.75, 3.05) is 0 Å². The first-order valence-corrected chi connectivity index (χ1v) is 5.76. The third-order valence-electron chi connectivity index (χ3n) is 3.42. The highest BCUT2D eigenvalue weighted by molar-refractivity contribution is 4.80. The molecular weight excluding hydrogens is 158 g/mol. The second-order valence-electron chi connectivity index (χ2n) is 5.71. The van der Waals surface area contributed by atoms with E-state index in [1.165, 1.54) is 38.5 Å². The molecule has 1 heteroatoms. The fraction of sp³-hybridized carbons (Fsp3) is 1.00. The third-order valence-corrected chi connectivity index (χ3v) is 3.42. The van der Waals surface area contributed by atoms with E-state index >= 15 is 0 Å². The number of rotatable bonds is 2. The first-order valence-electron chi connectivity index (χ1n) is 5.76. The van der Waals surface area contributed by atoms with Crippen LogP contribution in [0.15, 0.2) is 0 Å². The van der Waals surface area contributed by atoms with Gasteiger partial charge in [-0.15, -0.1) is 0 Å². The van der Waals surface area contributed by atoms with Crippen molar-refractivity contribution >= 4 is 0 Å². The number of hydrogen-bond acceptors (Lipinski definition) is 1. The molecule has 13 heavy (non-hydrogen) atoms. The average Bonchev–Trinajstić information content (AvgIpc) is 2.04.